The highest BCUT2D eigenvalue weighted by molar-refractivity contribution is 7.89. The first-order valence-corrected chi connectivity index (χ1v) is 8.56. The van der Waals surface area contributed by atoms with Crippen LogP contribution in [-0.4, -0.2) is 68.1 Å². The standard InChI is InChI=1S/C13H19N3O6S/c1-22-6-4-15-23(20,21)9-7-10(14-8-9)12(17)16-5-2-3-11(16)13(18)19/h7-8,11,14-15H,2-6H2,1H3,(H,18,19). The van der Waals surface area contributed by atoms with Gasteiger partial charge in [-0.1, -0.05) is 0 Å². The van der Waals surface area contributed by atoms with Gasteiger partial charge in [0.05, 0.1) is 6.61 Å². The summed E-state index contributed by atoms with van der Waals surface area (Å²) in [6.07, 6.45) is 2.20. The summed E-state index contributed by atoms with van der Waals surface area (Å²) in [5, 5.41) is 9.11. The molecule has 9 nitrogen and oxygen atoms in total. The fraction of sp³-hybridized carbons (Fsp3) is 0.538. The number of likely N-dealkylation sites (tertiary alicyclic amines) is 1. The molecule has 0 aliphatic carbocycles. The van der Waals surface area contributed by atoms with E-state index in [9.17, 15) is 18.0 Å². The number of hydrogen-bond acceptors (Lipinski definition) is 5. The number of carboxylic acid groups (broad SMARTS) is 1. The molecule has 0 bridgehead atoms. The van der Waals surface area contributed by atoms with Gasteiger partial charge in [0.15, 0.2) is 0 Å². The molecule has 23 heavy (non-hydrogen) atoms. The third-order valence-electron chi connectivity index (χ3n) is 3.59. The smallest absolute Gasteiger partial charge is 0.326 e. The van der Waals surface area contributed by atoms with Crippen LogP contribution in [0.2, 0.25) is 0 Å². The number of methoxy groups -OCH3 is 1. The molecule has 1 unspecified atom stereocenters. The number of ether oxygens (including phenoxy) is 1. The summed E-state index contributed by atoms with van der Waals surface area (Å²) in [6.45, 7) is 0.674. The van der Waals surface area contributed by atoms with Crippen molar-refractivity contribution in [1.29, 1.82) is 0 Å². The van der Waals surface area contributed by atoms with Crippen molar-refractivity contribution in [2.45, 2.75) is 23.8 Å². The van der Waals surface area contributed by atoms with E-state index < -0.39 is 27.9 Å². The average Bonchev–Trinajstić information content (AvgIpc) is 3.16. The molecule has 2 heterocycles. The van der Waals surface area contributed by atoms with Crippen molar-refractivity contribution >= 4 is 21.9 Å². The molecule has 0 spiro atoms. The molecule has 1 amide bonds. The number of amides is 1. The normalized spacial score (nSPS) is 18.3. The SMILES string of the molecule is COCCNS(=O)(=O)c1c[nH]c(C(=O)N2CCCC2C(=O)O)c1. The lowest BCUT2D eigenvalue weighted by Gasteiger charge is -2.20. The maximum absolute atomic E-state index is 12.4. The summed E-state index contributed by atoms with van der Waals surface area (Å²) >= 11 is 0. The van der Waals surface area contributed by atoms with Crippen LogP contribution >= 0.6 is 0 Å². The van der Waals surface area contributed by atoms with E-state index in [1.54, 1.807) is 0 Å². The molecule has 3 N–H and O–H groups in total. The Morgan fingerprint density at radius 1 is 1.52 bits per heavy atom. The van der Waals surface area contributed by atoms with E-state index in [1.807, 2.05) is 0 Å². The number of H-pyrrole nitrogens is 1. The molecule has 1 aromatic rings. The Hall–Kier alpha value is -1.91. The van der Waals surface area contributed by atoms with Crippen molar-refractivity contribution in [2.24, 2.45) is 0 Å². The van der Waals surface area contributed by atoms with Gasteiger partial charge in [-0.3, -0.25) is 4.79 Å². The van der Waals surface area contributed by atoms with E-state index in [1.165, 1.54) is 24.3 Å². The molecule has 1 saturated heterocycles. The summed E-state index contributed by atoms with van der Waals surface area (Å²) in [4.78, 5) is 27.3. The van der Waals surface area contributed by atoms with Gasteiger partial charge in [-0.15, -0.1) is 0 Å². The van der Waals surface area contributed by atoms with Crippen molar-refractivity contribution < 1.29 is 27.9 Å². The fourth-order valence-corrected chi connectivity index (χ4v) is 3.44. The van der Waals surface area contributed by atoms with E-state index in [0.29, 0.717) is 19.4 Å². The summed E-state index contributed by atoms with van der Waals surface area (Å²) in [5.74, 6) is -1.58. The van der Waals surface area contributed by atoms with Crippen molar-refractivity contribution in [3.05, 3.63) is 18.0 Å². The summed E-state index contributed by atoms with van der Waals surface area (Å²) < 4.78 is 31.2. The lowest BCUT2D eigenvalue weighted by atomic mass is 10.2. The van der Waals surface area contributed by atoms with Crippen LogP contribution < -0.4 is 4.72 Å². The zero-order valence-electron chi connectivity index (χ0n) is 12.6. The van der Waals surface area contributed by atoms with Gasteiger partial charge in [-0.05, 0) is 18.9 Å². The van der Waals surface area contributed by atoms with Gasteiger partial charge in [0, 0.05) is 26.4 Å². The first-order valence-electron chi connectivity index (χ1n) is 7.07. The van der Waals surface area contributed by atoms with Gasteiger partial charge >= 0.3 is 5.97 Å². The highest BCUT2D eigenvalue weighted by Crippen LogP contribution is 2.21. The molecule has 1 fully saturated rings. The first kappa shape index (κ1) is 17.4. The maximum atomic E-state index is 12.4. The molecule has 1 atom stereocenters. The lowest BCUT2D eigenvalue weighted by Crippen LogP contribution is -2.40. The number of sulfonamides is 1. The van der Waals surface area contributed by atoms with Crippen LogP contribution in [0.4, 0.5) is 0 Å². The van der Waals surface area contributed by atoms with Gasteiger partial charge in [-0.25, -0.2) is 17.9 Å². The highest BCUT2D eigenvalue weighted by atomic mass is 32.2. The van der Waals surface area contributed by atoms with E-state index in [2.05, 4.69) is 9.71 Å². The minimum atomic E-state index is -3.75. The van der Waals surface area contributed by atoms with Crippen LogP contribution in [0.25, 0.3) is 0 Å². The number of aromatic amines is 1. The van der Waals surface area contributed by atoms with E-state index in [-0.39, 0.29) is 23.7 Å². The average molecular weight is 345 g/mol. The van der Waals surface area contributed by atoms with Gasteiger partial charge in [0.1, 0.15) is 16.6 Å². The topological polar surface area (TPSA) is 129 Å². The summed E-state index contributed by atoms with van der Waals surface area (Å²) in [5.41, 5.74) is 0.0465. The minimum Gasteiger partial charge on any atom is -0.480 e. The summed E-state index contributed by atoms with van der Waals surface area (Å²) in [7, 11) is -2.29. The molecular formula is C13H19N3O6S. The largest absolute Gasteiger partial charge is 0.480 e. The number of carbonyl (C=O) groups excluding carboxylic acids is 1. The van der Waals surface area contributed by atoms with Gasteiger partial charge in [0.2, 0.25) is 10.0 Å². The van der Waals surface area contributed by atoms with Crippen molar-refractivity contribution in [1.82, 2.24) is 14.6 Å². The van der Waals surface area contributed by atoms with Crippen LogP contribution in [0.15, 0.2) is 17.2 Å². The van der Waals surface area contributed by atoms with Crippen molar-refractivity contribution in [2.75, 3.05) is 26.8 Å². The molecule has 128 valence electrons. The van der Waals surface area contributed by atoms with Crippen LogP contribution in [0, 0.1) is 0 Å². The third kappa shape index (κ3) is 3.89. The second-order valence-corrected chi connectivity index (χ2v) is 6.90. The van der Waals surface area contributed by atoms with E-state index in [4.69, 9.17) is 9.84 Å². The molecule has 1 aliphatic heterocycles. The van der Waals surface area contributed by atoms with Crippen molar-refractivity contribution in [3.8, 4) is 0 Å². The van der Waals surface area contributed by atoms with E-state index in [0.717, 1.165) is 0 Å². The second-order valence-electron chi connectivity index (χ2n) is 5.13. The third-order valence-corrected chi connectivity index (χ3v) is 5.03. The Morgan fingerprint density at radius 2 is 2.26 bits per heavy atom. The number of nitrogens with zero attached hydrogens (tertiary/aromatic N) is 1. The van der Waals surface area contributed by atoms with Crippen LogP contribution in [-0.2, 0) is 19.6 Å². The van der Waals surface area contributed by atoms with Gasteiger partial charge in [-0.2, -0.15) is 0 Å². The number of rotatable bonds is 7. The molecule has 1 aromatic heterocycles. The molecule has 1 aliphatic rings. The van der Waals surface area contributed by atoms with Crippen LogP contribution in [0.5, 0.6) is 0 Å². The number of hydrogen-bond donors (Lipinski definition) is 3. The lowest BCUT2D eigenvalue weighted by molar-refractivity contribution is -0.141. The monoisotopic (exact) mass is 345 g/mol. The molecular weight excluding hydrogens is 326 g/mol. The number of carbonyl (C=O) groups is 2. The Balaban J connectivity index is 2.12. The Bertz CT molecular complexity index is 684. The van der Waals surface area contributed by atoms with Crippen molar-refractivity contribution in [3.63, 3.8) is 0 Å². The number of nitrogens with one attached hydrogen (secondary N) is 2. The second kappa shape index (κ2) is 7.11. The zero-order chi connectivity index (χ0) is 17.0. The number of aliphatic carboxylic acids is 1. The van der Waals surface area contributed by atoms with Gasteiger partial charge in [0.25, 0.3) is 5.91 Å². The highest BCUT2D eigenvalue weighted by Gasteiger charge is 2.35. The predicted octanol–water partition coefficient (Wildman–Crippen LogP) is -0.371. The summed E-state index contributed by atoms with van der Waals surface area (Å²) in [6, 6.07) is 0.333. The molecule has 0 aromatic carbocycles. The molecule has 2 rings (SSSR count). The maximum Gasteiger partial charge on any atom is 0.326 e. The quantitative estimate of drug-likeness (QED) is 0.578. The Morgan fingerprint density at radius 3 is 2.91 bits per heavy atom. The fourth-order valence-electron chi connectivity index (χ4n) is 2.44. The van der Waals surface area contributed by atoms with Crippen LogP contribution in [0.3, 0.4) is 0 Å². The zero-order valence-corrected chi connectivity index (χ0v) is 13.4. The first-order chi connectivity index (χ1) is 10.9. The Labute approximate surface area is 133 Å². The predicted molar refractivity (Wildman–Crippen MR) is 79.6 cm³/mol. The van der Waals surface area contributed by atoms with Crippen LogP contribution in [0.1, 0.15) is 23.3 Å². The molecule has 0 radical (unpaired) electrons. The number of carboxylic acids is 1. The minimum absolute atomic E-state index is 0.0465. The number of aromatic nitrogens is 1. The van der Waals surface area contributed by atoms with E-state index >= 15 is 0 Å². The molecule has 0 saturated carbocycles. The van der Waals surface area contributed by atoms with Gasteiger partial charge < -0.3 is 19.7 Å². The Kier molecular flexibility index (Phi) is 5.39. The molecule has 10 heteroatoms.